The molecule has 0 aliphatic rings. The number of nitrogens with two attached hydrogens (primary N) is 1. The van der Waals surface area contributed by atoms with Crippen LogP contribution in [0.1, 0.15) is 19.4 Å². The third-order valence-electron chi connectivity index (χ3n) is 1.93. The molecule has 0 radical (unpaired) electrons. The fourth-order valence-electron chi connectivity index (χ4n) is 1.06. The molecule has 0 spiro atoms. The van der Waals surface area contributed by atoms with Crippen LogP contribution in [0.5, 0.6) is 0 Å². The molecule has 0 fully saturated rings. The summed E-state index contributed by atoms with van der Waals surface area (Å²) >= 11 is 0. The number of aliphatic hydroxyl groups is 1. The number of pyridine rings is 1. The molecular weight excluding hydrogens is 178 g/mol. The van der Waals surface area contributed by atoms with Gasteiger partial charge < -0.3 is 16.2 Å². The number of aliphatic hydroxyl groups excluding tert-OH is 1. The molecule has 0 aliphatic heterocycles. The van der Waals surface area contributed by atoms with E-state index in [2.05, 4.69) is 10.3 Å². The zero-order chi connectivity index (χ0) is 10.6. The summed E-state index contributed by atoms with van der Waals surface area (Å²) in [4.78, 5) is 4.18. The van der Waals surface area contributed by atoms with Crippen molar-refractivity contribution in [1.82, 2.24) is 4.98 Å². The SMILES string of the molecule is CC(C)(N)c1ccc(NCCO)nc1. The highest BCUT2D eigenvalue weighted by Gasteiger charge is 2.13. The first-order chi connectivity index (χ1) is 6.54. The zero-order valence-electron chi connectivity index (χ0n) is 8.62. The summed E-state index contributed by atoms with van der Waals surface area (Å²) in [6.07, 6.45) is 1.75. The second kappa shape index (κ2) is 4.39. The van der Waals surface area contributed by atoms with Gasteiger partial charge in [-0.25, -0.2) is 4.98 Å². The summed E-state index contributed by atoms with van der Waals surface area (Å²) in [5.74, 6) is 0.757. The Bertz CT molecular complexity index is 276. The number of nitrogens with zero attached hydrogens (tertiary/aromatic N) is 1. The Morgan fingerprint density at radius 3 is 2.64 bits per heavy atom. The molecule has 0 aromatic carbocycles. The second-order valence-corrected chi connectivity index (χ2v) is 3.80. The standard InChI is InChI=1S/C10H17N3O/c1-10(2,11)8-3-4-9(13-7-8)12-5-6-14/h3-4,7,14H,5-6,11H2,1-2H3,(H,12,13). The van der Waals surface area contributed by atoms with Crippen molar-refractivity contribution in [2.24, 2.45) is 5.73 Å². The molecule has 4 heteroatoms. The van der Waals surface area contributed by atoms with Crippen molar-refractivity contribution >= 4 is 5.82 Å². The Balaban J connectivity index is 2.69. The molecule has 0 aliphatic carbocycles. The fourth-order valence-corrected chi connectivity index (χ4v) is 1.06. The molecule has 1 aromatic rings. The van der Waals surface area contributed by atoms with Gasteiger partial charge in [-0.3, -0.25) is 0 Å². The van der Waals surface area contributed by atoms with Crippen molar-refractivity contribution in [3.63, 3.8) is 0 Å². The van der Waals surface area contributed by atoms with Crippen LogP contribution in [0.25, 0.3) is 0 Å². The van der Waals surface area contributed by atoms with Crippen LogP contribution in [0.3, 0.4) is 0 Å². The molecule has 14 heavy (non-hydrogen) atoms. The quantitative estimate of drug-likeness (QED) is 0.660. The minimum absolute atomic E-state index is 0.103. The summed E-state index contributed by atoms with van der Waals surface area (Å²) in [7, 11) is 0. The average Bonchev–Trinajstić information content (AvgIpc) is 2.14. The van der Waals surface area contributed by atoms with Gasteiger partial charge in [-0.15, -0.1) is 0 Å². The molecule has 78 valence electrons. The smallest absolute Gasteiger partial charge is 0.125 e. The van der Waals surface area contributed by atoms with Crippen LogP contribution < -0.4 is 11.1 Å². The molecule has 0 unspecified atom stereocenters. The van der Waals surface area contributed by atoms with Gasteiger partial charge in [0.1, 0.15) is 5.82 Å². The van der Waals surface area contributed by atoms with E-state index < -0.39 is 0 Å². The van der Waals surface area contributed by atoms with Crippen molar-refractivity contribution in [2.45, 2.75) is 19.4 Å². The summed E-state index contributed by atoms with van der Waals surface area (Å²) < 4.78 is 0. The van der Waals surface area contributed by atoms with E-state index in [0.29, 0.717) is 6.54 Å². The maximum Gasteiger partial charge on any atom is 0.125 e. The maximum absolute atomic E-state index is 8.60. The lowest BCUT2D eigenvalue weighted by molar-refractivity contribution is 0.311. The number of hydrogen-bond acceptors (Lipinski definition) is 4. The zero-order valence-corrected chi connectivity index (χ0v) is 8.62. The molecule has 0 saturated heterocycles. The number of hydrogen-bond donors (Lipinski definition) is 3. The van der Waals surface area contributed by atoms with E-state index in [1.54, 1.807) is 6.20 Å². The fraction of sp³-hybridized carbons (Fsp3) is 0.500. The molecule has 4 nitrogen and oxygen atoms in total. The predicted molar refractivity (Wildman–Crippen MR) is 57.0 cm³/mol. The third-order valence-corrected chi connectivity index (χ3v) is 1.93. The topological polar surface area (TPSA) is 71.2 Å². The van der Waals surface area contributed by atoms with Gasteiger partial charge in [0.2, 0.25) is 0 Å². The van der Waals surface area contributed by atoms with Crippen molar-refractivity contribution in [2.75, 3.05) is 18.5 Å². The molecule has 0 amide bonds. The lowest BCUT2D eigenvalue weighted by Gasteiger charge is -2.18. The van der Waals surface area contributed by atoms with E-state index in [1.807, 2.05) is 26.0 Å². The first kappa shape index (κ1) is 10.9. The van der Waals surface area contributed by atoms with Crippen molar-refractivity contribution in [1.29, 1.82) is 0 Å². The lowest BCUT2D eigenvalue weighted by atomic mass is 9.98. The number of rotatable bonds is 4. The Kier molecular flexibility index (Phi) is 3.43. The van der Waals surface area contributed by atoms with E-state index >= 15 is 0 Å². The first-order valence-electron chi connectivity index (χ1n) is 4.64. The molecule has 0 atom stereocenters. The van der Waals surface area contributed by atoms with Gasteiger partial charge in [0.05, 0.1) is 6.61 Å². The van der Waals surface area contributed by atoms with Crippen LogP contribution in [-0.4, -0.2) is 23.2 Å². The third kappa shape index (κ3) is 2.97. The van der Waals surface area contributed by atoms with Crippen LogP contribution in [0.2, 0.25) is 0 Å². The van der Waals surface area contributed by atoms with E-state index in [-0.39, 0.29) is 12.1 Å². The average molecular weight is 195 g/mol. The highest BCUT2D eigenvalue weighted by Crippen LogP contribution is 2.16. The van der Waals surface area contributed by atoms with Crippen LogP contribution >= 0.6 is 0 Å². The first-order valence-corrected chi connectivity index (χ1v) is 4.64. The molecule has 1 rings (SSSR count). The lowest BCUT2D eigenvalue weighted by Crippen LogP contribution is -2.28. The van der Waals surface area contributed by atoms with Crippen molar-refractivity contribution in [3.05, 3.63) is 23.9 Å². The van der Waals surface area contributed by atoms with E-state index in [1.165, 1.54) is 0 Å². The predicted octanol–water partition coefficient (Wildman–Crippen LogP) is 0.680. The maximum atomic E-state index is 8.60. The summed E-state index contributed by atoms with van der Waals surface area (Å²) in [6, 6.07) is 3.80. The van der Waals surface area contributed by atoms with E-state index in [4.69, 9.17) is 10.8 Å². The van der Waals surface area contributed by atoms with Crippen LogP contribution in [0.4, 0.5) is 5.82 Å². The minimum Gasteiger partial charge on any atom is -0.395 e. The summed E-state index contributed by atoms with van der Waals surface area (Å²) in [5, 5.41) is 11.6. The molecular formula is C10H17N3O. The Hall–Kier alpha value is -1.13. The van der Waals surface area contributed by atoms with E-state index in [9.17, 15) is 0 Å². The summed E-state index contributed by atoms with van der Waals surface area (Å²) in [5.41, 5.74) is 6.54. The van der Waals surface area contributed by atoms with Crippen molar-refractivity contribution in [3.8, 4) is 0 Å². The highest BCUT2D eigenvalue weighted by atomic mass is 16.3. The van der Waals surface area contributed by atoms with Gasteiger partial charge in [-0.1, -0.05) is 6.07 Å². The Labute approximate surface area is 84.2 Å². The number of nitrogens with one attached hydrogen (secondary N) is 1. The Morgan fingerprint density at radius 1 is 1.50 bits per heavy atom. The number of aromatic nitrogens is 1. The van der Waals surface area contributed by atoms with Gasteiger partial charge in [-0.05, 0) is 25.5 Å². The molecule has 4 N–H and O–H groups in total. The largest absolute Gasteiger partial charge is 0.395 e. The summed E-state index contributed by atoms with van der Waals surface area (Å²) in [6.45, 7) is 4.49. The molecule has 0 saturated carbocycles. The molecule has 1 heterocycles. The Morgan fingerprint density at radius 2 is 2.21 bits per heavy atom. The van der Waals surface area contributed by atoms with Gasteiger partial charge >= 0.3 is 0 Å². The highest BCUT2D eigenvalue weighted by molar-refractivity contribution is 5.36. The normalized spacial score (nSPS) is 11.4. The minimum atomic E-state index is -0.359. The van der Waals surface area contributed by atoms with Crippen molar-refractivity contribution < 1.29 is 5.11 Å². The second-order valence-electron chi connectivity index (χ2n) is 3.80. The van der Waals surface area contributed by atoms with Gasteiger partial charge in [0.25, 0.3) is 0 Å². The van der Waals surface area contributed by atoms with Gasteiger partial charge in [-0.2, -0.15) is 0 Å². The van der Waals surface area contributed by atoms with E-state index in [0.717, 1.165) is 11.4 Å². The van der Waals surface area contributed by atoms with Crippen LogP contribution in [0.15, 0.2) is 18.3 Å². The van der Waals surface area contributed by atoms with Crippen LogP contribution in [-0.2, 0) is 5.54 Å². The van der Waals surface area contributed by atoms with Gasteiger partial charge in [0, 0.05) is 18.3 Å². The number of anilines is 1. The monoisotopic (exact) mass is 195 g/mol. The molecule has 0 bridgehead atoms. The molecule has 1 aromatic heterocycles. The van der Waals surface area contributed by atoms with Gasteiger partial charge in [0.15, 0.2) is 0 Å². The van der Waals surface area contributed by atoms with Crippen LogP contribution in [0, 0.1) is 0 Å².